The maximum Gasteiger partial charge on any atom is 0.434 e. The highest BCUT2D eigenvalue weighted by molar-refractivity contribution is 7.54. The first-order valence-corrected chi connectivity index (χ1v) is 10.8. The molecule has 0 unspecified atom stereocenters. The second-order valence-electron chi connectivity index (χ2n) is 6.59. The number of nitrogens with zero attached hydrogens (tertiary/aromatic N) is 1. The van der Waals surface area contributed by atoms with Crippen LogP contribution in [0.2, 0.25) is 0 Å². The van der Waals surface area contributed by atoms with Crippen molar-refractivity contribution in [2.24, 2.45) is 0 Å². The topological polar surface area (TPSA) is 60.8 Å². The molecule has 0 saturated heterocycles. The van der Waals surface area contributed by atoms with Gasteiger partial charge in [0.25, 0.3) is 0 Å². The van der Waals surface area contributed by atoms with Crippen molar-refractivity contribution in [3.8, 4) is 22.3 Å². The Hall–Kier alpha value is -3.17. The molecule has 2 N–H and O–H groups in total. The van der Waals surface area contributed by atoms with Gasteiger partial charge in [0, 0.05) is 5.56 Å². The third-order valence-corrected chi connectivity index (χ3v) is 5.66. The van der Waals surface area contributed by atoms with Crippen LogP contribution >= 0.6 is 7.75 Å². The van der Waals surface area contributed by atoms with Gasteiger partial charge in [0.15, 0.2) is 0 Å². The third kappa shape index (κ3) is 4.01. The molecule has 4 nitrogen and oxygen atoms in total. The van der Waals surface area contributed by atoms with Crippen molar-refractivity contribution in [2.75, 3.05) is 4.67 Å². The summed E-state index contributed by atoms with van der Waals surface area (Å²) in [6, 6.07) is 33.9. The molecule has 0 spiro atoms. The van der Waals surface area contributed by atoms with Crippen LogP contribution in [0.5, 0.6) is 0 Å². The summed E-state index contributed by atoms with van der Waals surface area (Å²) >= 11 is 0. The monoisotopic (exact) mass is 401 g/mol. The number of hydrogen-bond donors (Lipinski definition) is 2. The Morgan fingerprint density at radius 2 is 1.03 bits per heavy atom. The van der Waals surface area contributed by atoms with E-state index in [1.807, 2.05) is 72.8 Å². The molecule has 0 amide bonds. The number of hydrogen-bond acceptors (Lipinski definition) is 1. The minimum atomic E-state index is -4.62. The summed E-state index contributed by atoms with van der Waals surface area (Å²) in [6.07, 6.45) is 0. The van der Waals surface area contributed by atoms with Crippen LogP contribution in [-0.2, 0) is 4.57 Å². The van der Waals surface area contributed by atoms with Crippen LogP contribution in [0.1, 0.15) is 0 Å². The van der Waals surface area contributed by atoms with Crippen LogP contribution < -0.4 is 4.67 Å². The van der Waals surface area contributed by atoms with E-state index >= 15 is 0 Å². The van der Waals surface area contributed by atoms with Crippen molar-refractivity contribution in [2.45, 2.75) is 0 Å². The summed E-state index contributed by atoms with van der Waals surface area (Å²) in [5, 5.41) is 0. The zero-order valence-electron chi connectivity index (χ0n) is 15.6. The quantitative estimate of drug-likeness (QED) is 0.388. The average Bonchev–Trinajstić information content (AvgIpc) is 2.75. The molecule has 0 fully saturated rings. The van der Waals surface area contributed by atoms with Gasteiger partial charge in [-0.15, -0.1) is 0 Å². The molecule has 0 radical (unpaired) electrons. The van der Waals surface area contributed by atoms with Crippen LogP contribution in [0.4, 0.5) is 11.4 Å². The fourth-order valence-corrected chi connectivity index (χ4v) is 4.36. The molecule has 5 heteroatoms. The van der Waals surface area contributed by atoms with E-state index in [4.69, 9.17) is 0 Å². The highest BCUT2D eigenvalue weighted by Gasteiger charge is 2.30. The molecule has 29 heavy (non-hydrogen) atoms. The highest BCUT2D eigenvalue weighted by Crippen LogP contribution is 2.52. The minimum Gasteiger partial charge on any atom is -0.308 e. The zero-order chi connectivity index (χ0) is 20.3. The first kappa shape index (κ1) is 19.2. The molecular formula is C24H20NO3P. The molecule has 144 valence electrons. The summed E-state index contributed by atoms with van der Waals surface area (Å²) in [6.45, 7) is 0. The molecule has 4 aromatic carbocycles. The van der Waals surface area contributed by atoms with Gasteiger partial charge in [-0.3, -0.25) is 0 Å². The highest BCUT2D eigenvalue weighted by atomic mass is 31.2. The number of rotatable bonds is 5. The Bertz CT molecular complexity index is 1160. The maximum absolute atomic E-state index is 12.5. The van der Waals surface area contributed by atoms with Crippen molar-refractivity contribution < 1.29 is 14.4 Å². The molecule has 0 atom stereocenters. The number of para-hydroxylation sites is 2. The Kier molecular flexibility index (Phi) is 5.32. The van der Waals surface area contributed by atoms with Gasteiger partial charge < -0.3 is 9.79 Å². The number of anilines is 2. The van der Waals surface area contributed by atoms with Gasteiger partial charge in [-0.2, -0.15) is 0 Å². The number of benzene rings is 4. The second-order valence-corrected chi connectivity index (χ2v) is 8.02. The summed E-state index contributed by atoms with van der Waals surface area (Å²) in [5.74, 6) is 0. The van der Waals surface area contributed by atoms with Gasteiger partial charge in [0.05, 0.1) is 11.4 Å². The predicted molar refractivity (Wildman–Crippen MR) is 118 cm³/mol. The SMILES string of the molecule is O=P(O)(O)N(c1ccccc1)c1ccccc1-c1ccccc1-c1ccccc1. The first-order chi connectivity index (χ1) is 14.1. The van der Waals surface area contributed by atoms with Crippen molar-refractivity contribution >= 4 is 19.1 Å². The van der Waals surface area contributed by atoms with Crippen LogP contribution in [0.15, 0.2) is 109 Å². The molecule has 0 aliphatic carbocycles. The smallest absolute Gasteiger partial charge is 0.308 e. The normalized spacial score (nSPS) is 11.2. The van der Waals surface area contributed by atoms with Crippen LogP contribution in [0.25, 0.3) is 22.3 Å². The van der Waals surface area contributed by atoms with E-state index < -0.39 is 7.75 Å². The van der Waals surface area contributed by atoms with E-state index in [0.29, 0.717) is 11.4 Å². The molecule has 4 rings (SSSR count). The summed E-state index contributed by atoms with van der Waals surface area (Å²) < 4.78 is 13.6. The minimum absolute atomic E-state index is 0.436. The summed E-state index contributed by atoms with van der Waals surface area (Å²) in [7, 11) is -4.62. The predicted octanol–water partition coefficient (Wildman–Crippen LogP) is 6.25. The van der Waals surface area contributed by atoms with E-state index in [1.165, 1.54) is 0 Å². The zero-order valence-corrected chi connectivity index (χ0v) is 16.5. The second kappa shape index (κ2) is 8.06. The Morgan fingerprint density at radius 1 is 0.552 bits per heavy atom. The van der Waals surface area contributed by atoms with Crippen molar-refractivity contribution in [1.29, 1.82) is 0 Å². The molecular weight excluding hydrogens is 381 g/mol. The summed E-state index contributed by atoms with van der Waals surface area (Å²) in [5.41, 5.74) is 4.59. The van der Waals surface area contributed by atoms with Gasteiger partial charge in [0.2, 0.25) is 0 Å². The van der Waals surface area contributed by atoms with Crippen molar-refractivity contribution in [3.63, 3.8) is 0 Å². The standard InChI is InChI=1S/C24H20NO3P/c26-29(27,28)25(20-13-5-2-6-14-20)24-18-10-9-17-23(24)22-16-8-7-15-21(22)19-11-3-1-4-12-19/h1-18H,(H2,26,27,28). The molecule has 4 aromatic rings. The van der Waals surface area contributed by atoms with E-state index in [-0.39, 0.29) is 0 Å². The van der Waals surface area contributed by atoms with E-state index in [2.05, 4.69) is 0 Å². The van der Waals surface area contributed by atoms with Crippen molar-refractivity contribution in [3.05, 3.63) is 109 Å². The maximum atomic E-state index is 12.5. The van der Waals surface area contributed by atoms with Gasteiger partial charge in [0.1, 0.15) is 0 Å². The lowest BCUT2D eigenvalue weighted by molar-refractivity contribution is 0.373. The molecule has 0 heterocycles. The van der Waals surface area contributed by atoms with Crippen LogP contribution in [0, 0.1) is 0 Å². The Morgan fingerprint density at radius 3 is 1.66 bits per heavy atom. The molecule has 0 saturated carbocycles. The van der Waals surface area contributed by atoms with E-state index in [0.717, 1.165) is 26.9 Å². The Labute approximate surface area is 169 Å². The van der Waals surface area contributed by atoms with Crippen LogP contribution in [-0.4, -0.2) is 9.79 Å². The molecule has 0 aromatic heterocycles. The lowest BCUT2D eigenvalue weighted by Crippen LogP contribution is -2.14. The van der Waals surface area contributed by atoms with Gasteiger partial charge in [-0.1, -0.05) is 91.0 Å². The van der Waals surface area contributed by atoms with E-state index in [1.54, 1.807) is 36.4 Å². The fraction of sp³-hybridized carbons (Fsp3) is 0. The van der Waals surface area contributed by atoms with Gasteiger partial charge >= 0.3 is 7.75 Å². The Balaban J connectivity index is 1.95. The molecule has 0 bridgehead atoms. The average molecular weight is 401 g/mol. The molecule has 0 aliphatic rings. The van der Waals surface area contributed by atoms with Crippen molar-refractivity contribution in [1.82, 2.24) is 0 Å². The van der Waals surface area contributed by atoms with Crippen LogP contribution in [0.3, 0.4) is 0 Å². The first-order valence-electron chi connectivity index (χ1n) is 9.21. The molecule has 0 aliphatic heterocycles. The lowest BCUT2D eigenvalue weighted by Gasteiger charge is -2.28. The van der Waals surface area contributed by atoms with E-state index in [9.17, 15) is 14.4 Å². The van der Waals surface area contributed by atoms with Gasteiger partial charge in [-0.05, 0) is 34.9 Å². The third-order valence-electron chi connectivity index (χ3n) is 4.70. The largest absolute Gasteiger partial charge is 0.434 e. The fourth-order valence-electron chi connectivity index (χ4n) is 3.47. The lowest BCUT2D eigenvalue weighted by atomic mass is 9.93. The summed E-state index contributed by atoms with van der Waals surface area (Å²) in [4.78, 5) is 20.4. The van der Waals surface area contributed by atoms with Gasteiger partial charge in [-0.25, -0.2) is 9.24 Å².